The lowest BCUT2D eigenvalue weighted by Gasteiger charge is -2.36. The summed E-state index contributed by atoms with van der Waals surface area (Å²) in [6.45, 7) is 3.65. The van der Waals surface area contributed by atoms with Gasteiger partial charge in [-0.2, -0.15) is 0 Å². The van der Waals surface area contributed by atoms with Gasteiger partial charge in [-0.05, 0) is 43.6 Å². The van der Waals surface area contributed by atoms with Crippen molar-refractivity contribution in [2.45, 2.75) is 31.6 Å². The van der Waals surface area contributed by atoms with Crippen molar-refractivity contribution in [1.29, 1.82) is 0 Å². The number of rotatable bonds is 3. The molecule has 106 valence electrons. The minimum absolute atomic E-state index is 0. The number of carbonyl (C=O) groups is 1. The predicted molar refractivity (Wildman–Crippen MR) is 82.8 cm³/mol. The van der Waals surface area contributed by atoms with Gasteiger partial charge in [-0.3, -0.25) is 4.79 Å². The summed E-state index contributed by atoms with van der Waals surface area (Å²) in [4.78, 5) is 12.4. The van der Waals surface area contributed by atoms with Gasteiger partial charge in [0.15, 0.2) is 0 Å². The van der Waals surface area contributed by atoms with Crippen LogP contribution in [0.5, 0.6) is 0 Å². The highest BCUT2D eigenvalue weighted by molar-refractivity contribution is 6.42. The number of hydrogen-bond acceptors (Lipinski definition) is 2. The van der Waals surface area contributed by atoms with E-state index in [0.717, 1.165) is 31.5 Å². The molecule has 0 aromatic heterocycles. The van der Waals surface area contributed by atoms with E-state index in [1.165, 1.54) is 0 Å². The first-order chi connectivity index (χ1) is 8.60. The van der Waals surface area contributed by atoms with Gasteiger partial charge in [0.2, 0.25) is 0 Å². The monoisotopic (exact) mass is 321 g/mol. The van der Waals surface area contributed by atoms with E-state index in [2.05, 4.69) is 5.32 Å². The second-order valence-corrected chi connectivity index (χ2v) is 5.55. The fourth-order valence-corrected chi connectivity index (χ4v) is 3.01. The van der Waals surface area contributed by atoms with Crippen molar-refractivity contribution in [2.75, 3.05) is 13.1 Å². The molecule has 1 aromatic rings. The van der Waals surface area contributed by atoms with Crippen LogP contribution < -0.4 is 5.32 Å². The third-order valence-corrected chi connectivity index (χ3v) is 4.52. The number of benzene rings is 1. The Bertz CT molecular complexity index is 456. The SMILES string of the molecule is CCC(=O)C1(c2ccc(Cl)c(Cl)c2)CCNCC1.Cl. The van der Waals surface area contributed by atoms with E-state index in [4.69, 9.17) is 23.2 Å². The summed E-state index contributed by atoms with van der Waals surface area (Å²) in [6, 6.07) is 5.57. The second kappa shape index (κ2) is 6.94. The highest BCUT2D eigenvalue weighted by atomic mass is 35.5. The van der Waals surface area contributed by atoms with Gasteiger partial charge in [0.25, 0.3) is 0 Å². The Balaban J connectivity index is 0.00000180. The predicted octanol–water partition coefficient (Wildman–Crippen LogP) is 4.02. The molecule has 1 N–H and O–H groups in total. The van der Waals surface area contributed by atoms with Gasteiger partial charge in [-0.1, -0.05) is 36.2 Å². The number of Topliss-reactive ketones (excluding diaryl/α,β-unsaturated/α-hetero) is 1. The van der Waals surface area contributed by atoms with Crippen LogP contribution in [0.4, 0.5) is 0 Å². The fourth-order valence-electron chi connectivity index (χ4n) is 2.71. The first kappa shape index (κ1) is 16.8. The molecular formula is C14H18Cl3NO. The van der Waals surface area contributed by atoms with Crippen molar-refractivity contribution in [1.82, 2.24) is 5.32 Å². The molecule has 1 aromatic carbocycles. The van der Waals surface area contributed by atoms with Crippen LogP contribution in [-0.4, -0.2) is 18.9 Å². The quantitative estimate of drug-likeness (QED) is 0.911. The lowest BCUT2D eigenvalue weighted by molar-refractivity contribution is -0.125. The minimum Gasteiger partial charge on any atom is -0.317 e. The topological polar surface area (TPSA) is 29.1 Å². The standard InChI is InChI=1S/C14H17Cl2NO.ClH/c1-2-13(18)14(5-7-17-8-6-14)10-3-4-11(15)12(16)9-10;/h3-4,9,17H,2,5-8H2,1H3;1H. The average Bonchev–Trinajstić information content (AvgIpc) is 2.41. The molecule has 1 fully saturated rings. The Morgan fingerprint density at radius 3 is 2.42 bits per heavy atom. The Kier molecular flexibility index (Phi) is 6.13. The smallest absolute Gasteiger partial charge is 0.143 e. The highest BCUT2D eigenvalue weighted by Crippen LogP contribution is 2.38. The van der Waals surface area contributed by atoms with Crippen molar-refractivity contribution in [2.24, 2.45) is 0 Å². The molecule has 0 spiro atoms. The van der Waals surface area contributed by atoms with Crippen LogP contribution in [0.15, 0.2) is 18.2 Å². The van der Waals surface area contributed by atoms with Gasteiger partial charge in [0.1, 0.15) is 5.78 Å². The van der Waals surface area contributed by atoms with Gasteiger partial charge in [0, 0.05) is 6.42 Å². The Morgan fingerprint density at radius 1 is 1.26 bits per heavy atom. The van der Waals surface area contributed by atoms with E-state index in [9.17, 15) is 4.79 Å². The van der Waals surface area contributed by atoms with E-state index in [1.807, 2.05) is 19.1 Å². The van der Waals surface area contributed by atoms with Crippen molar-refractivity contribution in [3.05, 3.63) is 33.8 Å². The molecule has 1 aliphatic rings. The maximum atomic E-state index is 12.4. The molecule has 0 bridgehead atoms. The Labute approximate surface area is 130 Å². The van der Waals surface area contributed by atoms with Crippen LogP contribution in [0.25, 0.3) is 0 Å². The van der Waals surface area contributed by atoms with E-state index >= 15 is 0 Å². The van der Waals surface area contributed by atoms with E-state index in [1.54, 1.807) is 6.07 Å². The summed E-state index contributed by atoms with van der Waals surface area (Å²) in [6.07, 6.45) is 2.22. The summed E-state index contributed by atoms with van der Waals surface area (Å²) in [5, 5.41) is 4.36. The van der Waals surface area contributed by atoms with Crippen LogP contribution in [0.3, 0.4) is 0 Å². The van der Waals surface area contributed by atoms with Crippen molar-refractivity contribution < 1.29 is 4.79 Å². The third kappa shape index (κ3) is 3.25. The van der Waals surface area contributed by atoms with E-state index < -0.39 is 0 Å². The van der Waals surface area contributed by atoms with Crippen LogP contribution in [0.1, 0.15) is 31.7 Å². The number of halogens is 3. The van der Waals surface area contributed by atoms with Crippen molar-refractivity contribution in [3.63, 3.8) is 0 Å². The van der Waals surface area contributed by atoms with Crippen LogP contribution in [0, 0.1) is 0 Å². The Hall–Kier alpha value is -0.280. The Morgan fingerprint density at radius 2 is 1.89 bits per heavy atom. The molecule has 5 heteroatoms. The lowest BCUT2D eigenvalue weighted by Crippen LogP contribution is -2.45. The van der Waals surface area contributed by atoms with Gasteiger partial charge in [-0.25, -0.2) is 0 Å². The zero-order valence-corrected chi connectivity index (χ0v) is 13.2. The molecule has 2 nitrogen and oxygen atoms in total. The van der Waals surface area contributed by atoms with Gasteiger partial charge >= 0.3 is 0 Å². The number of piperidine rings is 1. The largest absolute Gasteiger partial charge is 0.317 e. The summed E-state index contributed by atoms with van der Waals surface area (Å²) < 4.78 is 0. The van der Waals surface area contributed by atoms with Gasteiger partial charge < -0.3 is 5.32 Å². The highest BCUT2D eigenvalue weighted by Gasteiger charge is 2.39. The number of ketones is 1. The normalized spacial score (nSPS) is 17.6. The third-order valence-electron chi connectivity index (χ3n) is 3.78. The van der Waals surface area contributed by atoms with Crippen LogP contribution >= 0.6 is 35.6 Å². The summed E-state index contributed by atoms with van der Waals surface area (Å²) in [5.74, 6) is 0.294. The number of nitrogens with one attached hydrogen (secondary N) is 1. The molecule has 0 unspecified atom stereocenters. The summed E-state index contributed by atoms with van der Waals surface area (Å²) in [5.41, 5.74) is 0.624. The molecular weight excluding hydrogens is 305 g/mol. The molecule has 0 radical (unpaired) electrons. The lowest BCUT2D eigenvalue weighted by atomic mass is 9.69. The molecule has 1 aliphatic heterocycles. The van der Waals surface area contributed by atoms with Gasteiger partial charge in [0.05, 0.1) is 15.5 Å². The van der Waals surface area contributed by atoms with Crippen molar-refractivity contribution in [3.8, 4) is 0 Å². The molecule has 2 rings (SSSR count). The maximum Gasteiger partial charge on any atom is 0.143 e. The van der Waals surface area contributed by atoms with Gasteiger partial charge in [-0.15, -0.1) is 12.4 Å². The molecule has 0 saturated carbocycles. The molecule has 1 heterocycles. The fraction of sp³-hybridized carbons (Fsp3) is 0.500. The molecule has 0 atom stereocenters. The first-order valence-corrected chi connectivity index (χ1v) is 7.05. The number of hydrogen-bond donors (Lipinski definition) is 1. The zero-order chi connectivity index (χ0) is 13.2. The van der Waals surface area contributed by atoms with E-state index in [-0.39, 0.29) is 17.8 Å². The van der Waals surface area contributed by atoms with Crippen LogP contribution in [-0.2, 0) is 10.2 Å². The van der Waals surface area contributed by atoms with Crippen molar-refractivity contribution >= 4 is 41.4 Å². The number of carbonyl (C=O) groups excluding carboxylic acids is 1. The van der Waals surface area contributed by atoms with Crippen LogP contribution in [0.2, 0.25) is 10.0 Å². The summed E-state index contributed by atoms with van der Waals surface area (Å²) >= 11 is 12.0. The molecule has 19 heavy (non-hydrogen) atoms. The zero-order valence-electron chi connectivity index (χ0n) is 10.8. The average molecular weight is 323 g/mol. The minimum atomic E-state index is -0.381. The second-order valence-electron chi connectivity index (χ2n) is 4.74. The molecule has 1 saturated heterocycles. The maximum absolute atomic E-state index is 12.4. The van der Waals surface area contributed by atoms with E-state index in [0.29, 0.717) is 22.2 Å². The molecule has 0 aliphatic carbocycles. The first-order valence-electron chi connectivity index (χ1n) is 6.29. The molecule has 0 amide bonds. The summed E-state index contributed by atoms with van der Waals surface area (Å²) in [7, 11) is 0.